The number of carbonyl (C=O) groups is 2. The van der Waals surface area contributed by atoms with Gasteiger partial charge in [0.2, 0.25) is 11.8 Å². The van der Waals surface area contributed by atoms with Gasteiger partial charge in [0.05, 0.1) is 12.3 Å². The maximum Gasteiger partial charge on any atom is 0.242 e. The van der Waals surface area contributed by atoms with E-state index in [1.54, 1.807) is 9.80 Å². The molecule has 0 bridgehead atoms. The first-order chi connectivity index (χ1) is 10.9. The van der Waals surface area contributed by atoms with Crippen molar-refractivity contribution in [1.29, 1.82) is 0 Å². The van der Waals surface area contributed by atoms with E-state index in [0.717, 1.165) is 44.9 Å². The summed E-state index contributed by atoms with van der Waals surface area (Å²) >= 11 is 0. The smallest absolute Gasteiger partial charge is 0.242 e. The van der Waals surface area contributed by atoms with E-state index in [2.05, 4.69) is 0 Å². The Morgan fingerprint density at radius 3 is 2.52 bits per heavy atom. The van der Waals surface area contributed by atoms with Crippen LogP contribution >= 0.6 is 0 Å². The molecule has 0 N–H and O–H groups in total. The molecule has 23 heavy (non-hydrogen) atoms. The van der Waals surface area contributed by atoms with E-state index in [1.807, 2.05) is 0 Å². The first-order valence-electron chi connectivity index (χ1n) is 8.62. The van der Waals surface area contributed by atoms with Crippen molar-refractivity contribution in [2.24, 2.45) is 0 Å². The Balaban J connectivity index is 1.99. The number of nitrogens with zero attached hydrogens (tertiary/aromatic N) is 2. The molecule has 0 aromatic rings. The summed E-state index contributed by atoms with van der Waals surface area (Å²) in [6.45, 7) is 1.33. The van der Waals surface area contributed by atoms with Crippen molar-refractivity contribution in [2.45, 2.75) is 57.4 Å². The molecule has 2 heterocycles. The Bertz CT molecular complexity index is 532. The van der Waals surface area contributed by atoms with Crippen LogP contribution in [0.2, 0.25) is 0 Å². The summed E-state index contributed by atoms with van der Waals surface area (Å²) in [6.07, 6.45) is 8.32. The largest absolute Gasteiger partial charge is 0.337 e. The van der Waals surface area contributed by atoms with Gasteiger partial charge in [-0.1, -0.05) is 12.8 Å². The molecule has 0 saturated carbocycles. The monoisotopic (exact) mass is 344 g/mol. The summed E-state index contributed by atoms with van der Waals surface area (Å²) in [6, 6.07) is -0.240. The van der Waals surface area contributed by atoms with Gasteiger partial charge in [-0.15, -0.1) is 0 Å². The lowest BCUT2D eigenvalue weighted by molar-refractivity contribution is -0.142. The first-order valence-corrected chi connectivity index (χ1v) is 10.7. The van der Waals surface area contributed by atoms with Crippen LogP contribution in [0, 0.1) is 0 Å². The second-order valence-electron chi connectivity index (χ2n) is 6.81. The number of sulfone groups is 1. The van der Waals surface area contributed by atoms with E-state index in [0.29, 0.717) is 19.5 Å². The number of hydrogen-bond acceptors (Lipinski definition) is 4. The van der Waals surface area contributed by atoms with Gasteiger partial charge in [0.1, 0.15) is 9.84 Å². The van der Waals surface area contributed by atoms with Crippen molar-refractivity contribution in [3.63, 3.8) is 0 Å². The number of likely N-dealkylation sites (tertiary alicyclic amines) is 2. The van der Waals surface area contributed by atoms with Gasteiger partial charge in [0.15, 0.2) is 0 Å². The van der Waals surface area contributed by atoms with Crippen LogP contribution in [-0.4, -0.2) is 67.7 Å². The fourth-order valence-electron chi connectivity index (χ4n) is 3.49. The van der Waals surface area contributed by atoms with E-state index in [-0.39, 0.29) is 30.2 Å². The predicted octanol–water partition coefficient (Wildman–Crippen LogP) is 1.20. The summed E-state index contributed by atoms with van der Waals surface area (Å²) in [4.78, 5) is 28.1. The SMILES string of the molecule is CS(=O)(=O)CC1CCCCN1C(=O)CN1CCCCCCC1=O. The zero-order valence-corrected chi connectivity index (χ0v) is 14.8. The topological polar surface area (TPSA) is 74.8 Å². The number of piperidine rings is 1. The van der Waals surface area contributed by atoms with Crippen molar-refractivity contribution in [1.82, 2.24) is 9.80 Å². The molecule has 0 aromatic carbocycles. The van der Waals surface area contributed by atoms with Crippen LogP contribution in [0.4, 0.5) is 0 Å². The van der Waals surface area contributed by atoms with E-state index in [9.17, 15) is 18.0 Å². The molecule has 2 saturated heterocycles. The third kappa shape index (κ3) is 5.79. The minimum atomic E-state index is -3.12. The second-order valence-corrected chi connectivity index (χ2v) is 8.99. The van der Waals surface area contributed by atoms with Gasteiger partial charge < -0.3 is 9.80 Å². The summed E-state index contributed by atoms with van der Waals surface area (Å²) < 4.78 is 23.2. The molecule has 2 fully saturated rings. The highest BCUT2D eigenvalue weighted by Crippen LogP contribution is 2.19. The Kier molecular flexibility index (Phi) is 6.44. The number of amides is 2. The highest BCUT2D eigenvalue weighted by Gasteiger charge is 2.30. The molecule has 6 nitrogen and oxygen atoms in total. The normalized spacial score (nSPS) is 24.2. The van der Waals surface area contributed by atoms with Crippen LogP contribution in [-0.2, 0) is 19.4 Å². The minimum Gasteiger partial charge on any atom is -0.337 e. The van der Waals surface area contributed by atoms with Crippen molar-refractivity contribution in [2.75, 3.05) is 31.6 Å². The molecule has 0 aliphatic carbocycles. The highest BCUT2D eigenvalue weighted by atomic mass is 32.2. The Morgan fingerprint density at radius 1 is 1.09 bits per heavy atom. The maximum absolute atomic E-state index is 12.6. The van der Waals surface area contributed by atoms with Crippen LogP contribution in [0.15, 0.2) is 0 Å². The van der Waals surface area contributed by atoms with Gasteiger partial charge in [-0.2, -0.15) is 0 Å². The van der Waals surface area contributed by atoms with Crippen molar-refractivity contribution in [3.8, 4) is 0 Å². The molecular weight excluding hydrogens is 316 g/mol. The van der Waals surface area contributed by atoms with Crippen molar-refractivity contribution >= 4 is 21.7 Å². The summed E-state index contributed by atoms with van der Waals surface area (Å²) in [7, 11) is -3.12. The van der Waals surface area contributed by atoms with Crippen LogP contribution in [0.5, 0.6) is 0 Å². The third-order valence-electron chi connectivity index (χ3n) is 4.69. The second kappa shape index (κ2) is 8.13. The number of carbonyl (C=O) groups excluding carboxylic acids is 2. The van der Waals surface area contributed by atoms with E-state index in [1.165, 1.54) is 6.26 Å². The molecule has 1 unspecified atom stereocenters. The molecule has 2 amide bonds. The molecule has 2 aliphatic heterocycles. The lowest BCUT2D eigenvalue weighted by Gasteiger charge is -2.37. The Labute approximate surface area is 139 Å². The highest BCUT2D eigenvalue weighted by molar-refractivity contribution is 7.90. The van der Waals surface area contributed by atoms with E-state index in [4.69, 9.17) is 0 Å². The van der Waals surface area contributed by atoms with Crippen LogP contribution < -0.4 is 0 Å². The molecule has 2 aliphatic rings. The lowest BCUT2D eigenvalue weighted by Crippen LogP contribution is -2.51. The van der Waals surface area contributed by atoms with E-state index < -0.39 is 9.84 Å². The average molecular weight is 344 g/mol. The third-order valence-corrected chi connectivity index (χ3v) is 5.68. The molecule has 1 atom stereocenters. The van der Waals surface area contributed by atoms with Crippen LogP contribution in [0.3, 0.4) is 0 Å². The summed E-state index contributed by atoms with van der Waals surface area (Å²) in [5.41, 5.74) is 0. The molecule has 2 rings (SSSR count). The van der Waals surface area contributed by atoms with Gasteiger partial charge in [-0.3, -0.25) is 9.59 Å². The van der Waals surface area contributed by atoms with E-state index >= 15 is 0 Å². The predicted molar refractivity (Wildman–Crippen MR) is 88.7 cm³/mol. The van der Waals surface area contributed by atoms with Crippen molar-refractivity contribution in [3.05, 3.63) is 0 Å². The van der Waals surface area contributed by atoms with Gasteiger partial charge in [-0.05, 0) is 32.1 Å². The fourth-order valence-corrected chi connectivity index (χ4v) is 4.53. The van der Waals surface area contributed by atoms with Gasteiger partial charge in [0, 0.05) is 31.8 Å². The molecule has 0 radical (unpaired) electrons. The maximum atomic E-state index is 12.6. The quantitative estimate of drug-likeness (QED) is 0.768. The lowest BCUT2D eigenvalue weighted by atomic mass is 10.0. The zero-order chi connectivity index (χ0) is 16.9. The summed E-state index contributed by atoms with van der Waals surface area (Å²) in [5, 5.41) is 0. The fraction of sp³-hybridized carbons (Fsp3) is 0.875. The van der Waals surface area contributed by atoms with Gasteiger partial charge >= 0.3 is 0 Å². The minimum absolute atomic E-state index is 0.0205. The first kappa shape index (κ1) is 18.2. The number of hydrogen-bond donors (Lipinski definition) is 0. The standard InChI is InChI=1S/C16H28N2O4S/c1-23(21,22)13-14-8-5-7-11-18(14)16(20)12-17-10-6-3-2-4-9-15(17)19/h14H,2-13H2,1H3. The van der Waals surface area contributed by atoms with Gasteiger partial charge in [-0.25, -0.2) is 8.42 Å². The molecule has 0 spiro atoms. The number of rotatable bonds is 4. The van der Waals surface area contributed by atoms with Crippen LogP contribution in [0.1, 0.15) is 51.4 Å². The van der Waals surface area contributed by atoms with Gasteiger partial charge in [0.25, 0.3) is 0 Å². The molecule has 132 valence electrons. The molecular formula is C16H28N2O4S. The summed E-state index contributed by atoms with van der Waals surface area (Å²) in [5.74, 6) is -0.0332. The van der Waals surface area contributed by atoms with Crippen LogP contribution in [0.25, 0.3) is 0 Å². The average Bonchev–Trinajstić information content (AvgIpc) is 2.46. The Morgan fingerprint density at radius 2 is 1.78 bits per heavy atom. The Hall–Kier alpha value is -1.11. The van der Waals surface area contributed by atoms with Crippen molar-refractivity contribution < 1.29 is 18.0 Å². The molecule has 0 aromatic heterocycles. The molecule has 7 heteroatoms. The zero-order valence-electron chi connectivity index (χ0n) is 14.0.